The van der Waals surface area contributed by atoms with Gasteiger partial charge in [-0.3, -0.25) is 4.98 Å². The first-order valence-corrected chi connectivity index (χ1v) is 6.71. The van der Waals surface area contributed by atoms with Crippen molar-refractivity contribution in [3.05, 3.63) is 59.9 Å². The van der Waals surface area contributed by atoms with Gasteiger partial charge in [0, 0.05) is 25.8 Å². The molecule has 0 aliphatic heterocycles. The summed E-state index contributed by atoms with van der Waals surface area (Å²) in [5.41, 5.74) is 3.82. The Morgan fingerprint density at radius 3 is 2.63 bits per heavy atom. The molecule has 0 atom stereocenters. The van der Waals surface area contributed by atoms with Gasteiger partial charge in [-0.15, -0.1) is 0 Å². The predicted octanol–water partition coefficient (Wildman–Crippen LogP) is 2.83. The zero-order valence-electron chi connectivity index (χ0n) is 11.6. The quantitative estimate of drug-likeness (QED) is 0.860. The van der Waals surface area contributed by atoms with Gasteiger partial charge in [0.05, 0.1) is 11.9 Å². The van der Waals surface area contributed by atoms with E-state index in [4.69, 9.17) is 0 Å². The molecule has 1 heterocycles. The average molecular weight is 255 g/mol. The molecular weight excluding hydrogens is 234 g/mol. The molecule has 0 aliphatic rings. The van der Waals surface area contributed by atoms with E-state index < -0.39 is 0 Å². The maximum absolute atomic E-state index is 4.27. The Hall–Kier alpha value is -1.87. The number of hydrogen-bond acceptors (Lipinski definition) is 3. The third-order valence-corrected chi connectivity index (χ3v) is 3.19. The number of pyridine rings is 1. The van der Waals surface area contributed by atoms with Crippen molar-refractivity contribution in [3.8, 4) is 0 Å². The molecule has 0 amide bonds. The van der Waals surface area contributed by atoms with Crippen LogP contribution in [0.1, 0.15) is 18.1 Å². The van der Waals surface area contributed by atoms with E-state index in [1.807, 2.05) is 19.4 Å². The van der Waals surface area contributed by atoms with Crippen LogP contribution in [0, 0.1) is 0 Å². The molecule has 0 bridgehead atoms. The van der Waals surface area contributed by atoms with E-state index in [0.717, 1.165) is 19.6 Å². The summed E-state index contributed by atoms with van der Waals surface area (Å²) >= 11 is 0. The van der Waals surface area contributed by atoms with Crippen LogP contribution < -0.4 is 10.2 Å². The van der Waals surface area contributed by atoms with Gasteiger partial charge in [0.2, 0.25) is 0 Å². The highest BCUT2D eigenvalue weighted by Gasteiger charge is 2.09. The number of nitrogens with zero attached hydrogens (tertiary/aromatic N) is 2. The first-order valence-electron chi connectivity index (χ1n) is 6.71. The highest BCUT2D eigenvalue weighted by Crippen LogP contribution is 2.21. The fraction of sp³-hybridized carbons (Fsp3) is 0.312. The van der Waals surface area contributed by atoms with Gasteiger partial charge in [-0.1, -0.05) is 30.3 Å². The minimum Gasteiger partial charge on any atom is -0.366 e. The number of aromatic nitrogens is 1. The molecule has 0 spiro atoms. The second-order valence-electron chi connectivity index (χ2n) is 4.53. The number of rotatable bonds is 6. The molecule has 1 aromatic heterocycles. The lowest BCUT2D eigenvalue weighted by atomic mass is 10.1. The van der Waals surface area contributed by atoms with E-state index in [0.29, 0.717) is 0 Å². The van der Waals surface area contributed by atoms with Gasteiger partial charge in [-0.25, -0.2) is 0 Å². The van der Waals surface area contributed by atoms with Crippen molar-refractivity contribution in [3.63, 3.8) is 0 Å². The monoisotopic (exact) mass is 255 g/mol. The summed E-state index contributed by atoms with van der Waals surface area (Å²) in [5.74, 6) is 0. The lowest BCUT2D eigenvalue weighted by Crippen LogP contribution is -2.24. The van der Waals surface area contributed by atoms with Crippen LogP contribution in [-0.4, -0.2) is 18.6 Å². The summed E-state index contributed by atoms with van der Waals surface area (Å²) in [6.07, 6.45) is 3.81. The predicted molar refractivity (Wildman–Crippen MR) is 80.2 cm³/mol. The number of anilines is 1. The summed E-state index contributed by atoms with van der Waals surface area (Å²) in [6, 6.07) is 12.6. The standard InChI is InChI=1S/C16H21N3/c1-3-19(13-14-7-5-4-6-8-14)16-12-18-10-9-15(16)11-17-2/h4-10,12,17H,3,11,13H2,1-2H3. The summed E-state index contributed by atoms with van der Waals surface area (Å²) in [7, 11) is 1.97. The molecule has 3 heteroatoms. The Labute approximate surface area is 115 Å². The Morgan fingerprint density at radius 2 is 1.95 bits per heavy atom. The summed E-state index contributed by atoms with van der Waals surface area (Å²) < 4.78 is 0. The minimum atomic E-state index is 0.864. The van der Waals surface area contributed by atoms with E-state index in [2.05, 4.69) is 58.5 Å². The molecule has 1 N–H and O–H groups in total. The van der Waals surface area contributed by atoms with Crippen molar-refractivity contribution in [1.29, 1.82) is 0 Å². The smallest absolute Gasteiger partial charge is 0.0601 e. The summed E-state index contributed by atoms with van der Waals surface area (Å²) in [4.78, 5) is 6.62. The van der Waals surface area contributed by atoms with Crippen molar-refractivity contribution < 1.29 is 0 Å². The second kappa shape index (κ2) is 6.90. The Morgan fingerprint density at radius 1 is 1.16 bits per heavy atom. The van der Waals surface area contributed by atoms with Gasteiger partial charge in [-0.2, -0.15) is 0 Å². The van der Waals surface area contributed by atoms with E-state index in [9.17, 15) is 0 Å². The molecule has 0 saturated heterocycles. The summed E-state index contributed by atoms with van der Waals surface area (Å²) in [5, 5.41) is 3.21. The lowest BCUT2D eigenvalue weighted by molar-refractivity contribution is 0.781. The van der Waals surface area contributed by atoms with Crippen LogP contribution in [0.15, 0.2) is 48.8 Å². The van der Waals surface area contributed by atoms with Crippen molar-refractivity contribution in [2.75, 3.05) is 18.5 Å². The van der Waals surface area contributed by atoms with Gasteiger partial charge < -0.3 is 10.2 Å². The highest BCUT2D eigenvalue weighted by molar-refractivity contribution is 5.52. The van der Waals surface area contributed by atoms with Gasteiger partial charge in [-0.05, 0) is 31.2 Å². The third kappa shape index (κ3) is 3.55. The maximum Gasteiger partial charge on any atom is 0.0601 e. The normalized spacial score (nSPS) is 10.4. The molecule has 0 aliphatic carbocycles. The fourth-order valence-electron chi connectivity index (χ4n) is 2.21. The maximum atomic E-state index is 4.27. The highest BCUT2D eigenvalue weighted by atomic mass is 15.1. The molecule has 0 fully saturated rings. The lowest BCUT2D eigenvalue weighted by Gasteiger charge is -2.25. The largest absolute Gasteiger partial charge is 0.366 e. The molecule has 2 aromatic rings. The van der Waals surface area contributed by atoms with Crippen molar-refractivity contribution in [1.82, 2.24) is 10.3 Å². The topological polar surface area (TPSA) is 28.2 Å². The van der Waals surface area contributed by atoms with Crippen molar-refractivity contribution in [2.45, 2.75) is 20.0 Å². The van der Waals surface area contributed by atoms with Crippen molar-refractivity contribution in [2.24, 2.45) is 0 Å². The zero-order valence-corrected chi connectivity index (χ0v) is 11.6. The molecule has 0 unspecified atom stereocenters. The Balaban J connectivity index is 2.22. The van der Waals surface area contributed by atoms with Crippen LogP contribution in [0.3, 0.4) is 0 Å². The minimum absolute atomic E-state index is 0.864. The van der Waals surface area contributed by atoms with Gasteiger partial charge in [0.25, 0.3) is 0 Å². The van der Waals surface area contributed by atoms with E-state index in [1.165, 1.54) is 16.8 Å². The first kappa shape index (κ1) is 13.6. The van der Waals surface area contributed by atoms with E-state index in [1.54, 1.807) is 0 Å². The summed E-state index contributed by atoms with van der Waals surface area (Å²) in [6.45, 7) is 4.93. The Kier molecular flexibility index (Phi) is 4.93. The molecule has 19 heavy (non-hydrogen) atoms. The van der Waals surface area contributed by atoms with Crippen LogP contribution >= 0.6 is 0 Å². The molecular formula is C16H21N3. The first-order chi connectivity index (χ1) is 9.35. The van der Waals surface area contributed by atoms with Crippen LogP contribution in [0.2, 0.25) is 0 Å². The fourth-order valence-corrected chi connectivity index (χ4v) is 2.21. The average Bonchev–Trinajstić information content (AvgIpc) is 2.47. The third-order valence-electron chi connectivity index (χ3n) is 3.19. The molecule has 0 radical (unpaired) electrons. The van der Waals surface area contributed by atoms with E-state index >= 15 is 0 Å². The van der Waals surface area contributed by atoms with Crippen molar-refractivity contribution >= 4 is 5.69 Å². The molecule has 100 valence electrons. The molecule has 1 aromatic carbocycles. The zero-order chi connectivity index (χ0) is 13.5. The van der Waals surface area contributed by atoms with Crippen LogP contribution in [0.5, 0.6) is 0 Å². The molecule has 2 rings (SSSR count). The molecule has 0 saturated carbocycles. The number of benzene rings is 1. The Bertz CT molecular complexity index is 496. The van der Waals surface area contributed by atoms with Crippen LogP contribution in [0.4, 0.5) is 5.69 Å². The van der Waals surface area contributed by atoms with Crippen LogP contribution in [-0.2, 0) is 13.1 Å². The van der Waals surface area contributed by atoms with E-state index in [-0.39, 0.29) is 0 Å². The van der Waals surface area contributed by atoms with Crippen LogP contribution in [0.25, 0.3) is 0 Å². The van der Waals surface area contributed by atoms with Gasteiger partial charge in [0.15, 0.2) is 0 Å². The van der Waals surface area contributed by atoms with Gasteiger partial charge >= 0.3 is 0 Å². The van der Waals surface area contributed by atoms with Gasteiger partial charge in [0.1, 0.15) is 0 Å². The molecule has 3 nitrogen and oxygen atoms in total. The number of hydrogen-bond donors (Lipinski definition) is 1. The SMILES string of the molecule is CCN(Cc1ccccc1)c1cnccc1CNC. The number of nitrogens with one attached hydrogen (secondary N) is 1. The second-order valence-corrected chi connectivity index (χ2v) is 4.53.